The molecule has 2 aromatic rings. The highest BCUT2D eigenvalue weighted by molar-refractivity contribution is 7.80. The molecule has 3 N–H and O–H groups in total. The normalized spacial score (nSPS) is 16.0. The molecule has 0 unspecified atom stereocenters. The fraction of sp³-hybridized carbons (Fsp3) is 0.381. The van der Waals surface area contributed by atoms with E-state index >= 15 is 0 Å². The first-order valence-corrected chi connectivity index (χ1v) is 9.70. The molecule has 1 atom stereocenters. The largest absolute Gasteiger partial charge is 0.370 e. The Kier molecular flexibility index (Phi) is 7.00. The van der Waals surface area contributed by atoms with Crippen molar-refractivity contribution in [3.05, 3.63) is 71.3 Å². The summed E-state index contributed by atoms with van der Waals surface area (Å²) < 4.78 is 5.41. The van der Waals surface area contributed by atoms with E-state index in [4.69, 9.17) is 17.0 Å². The lowest BCUT2D eigenvalue weighted by Crippen LogP contribution is -3.14. The number of ether oxygens (including phenoxy) is 1. The Morgan fingerprint density at radius 2 is 1.69 bits per heavy atom. The summed E-state index contributed by atoms with van der Waals surface area (Å²) >= 11 is 5.57. The number of hydrogen-bond donors (Lipinski definition) is 3. The van der Waals surface area contributed by atoms with Crippen molar-refractivity contribution < 1.29 is 9.64 Å². The predicted molar refractivity (Wildman–Crippen MR) is 110 cm³/mol. The first kappa shape index (κ1) is 18.8. The molecule has 26 heavy (non-hydrogen) atoms. The van der Waals surface area contributed by atoms with Gasteiger partial charge < -0.3 is 20.3 Å². The van der Waals surface area contributed by atoms with E-state index in [0.29, 0.717) is 5.11 Å². The molecule has 1 aliphatic heterocycles. The molecule has 0 saturated carbocycles. The quantitative estimate of drug-likeness (QED) is 0.673. The van der Waals surface area contributed by atoms with E-state index in [0.717, 1.165) is 39.4 Å². The lowest BCUT2D eigenvalue weighted by Gasteiger charge is -2.25. The molecule has 0 amide bonds. The molecule has 1 saturated heterocycles. The van der Waals surface area contributed by atoms with Crippen molar-refractivity contribution in [1.82, 2.24) is 10.6 Å². The van der Waals surface area contributed by atoms with Crippen LogP contribution in [0.3, 0.4) is 0 Å². The van der Waals surface area contributed by atoms with Crippen LogP contribution in [0.4, 0.5) is 0 Å². The highest BCUT2D eigenvalue weighted by Crippen LogP contribution is 2.22. The highest BCUT2D eigenvalue weighted by Gasteiger charge is 2.16. The molecule has 2 aromatic carbocycles. The molecule has 138 valence electrons. The van der Waals surface area contributed by atoms with Crippen LogP contribution in [0.15, 0.2) is 54.6 Å². The third kappa shape index (κ3) is 5.53. The summed E-state index contributed by atoms with van der Waals surface area (Å²) in [5.74, 6) is 0. The minimum absolute atomic E-state index is 0.0486. The van der Waals surface area contributed by atoms with Crippen LogP contribution < -0.4 is 15.5 Å². The number of benzene rings is 2. The van der Waals surface area contributed by atoms with Crippen molar-refractivity contribution in [3.63, 3.8) is 0 Å². The van der Waals surface area contributed by atoms with Gasteiger partial charge in [-0.2, -0.15) is 0 Å². The van der Waals surface area contributed by atoms with Crippen molar-refractivity contribution in [2.75, 3.05) is 39.4 Å². The van der Waals surface area contributed by atoms with Crippen LogP contribution in [0.2, 0.25) is 0 Å². The molecule has 0 spiro atoms. The van der Waals surface area contributed by atoms with Gasteiger partial charge in [-0.15, -0.1) is 0 Å². The van der Waals surface area contributed by atoms with Crippen LogP contribution in [-0.4, -0.2) is 44.5 Å². The summed E-state index contributed by atoms with van der Waals surface area (Å²) in [5, 5.41) is 7.56. The Morgan fingerprint density at radius 1 is 1.04 bits per heavy atom. The summed E-state index contributed by atoms with van der Waals surface area (Å²) in [5.41, 5.74) is 3.68. The van der Waals surface area contributed by atoms with Crippen LogP contribution in [0.25, 0.3) is 0 Å². The summed E-state index contributed by atoms with van der Waals surface area (Å²) in [6.07, 6.45) is 0. The van der Waals surface area contributed by atoms with Gasteiger partial charge in [-0.25, -0.2) is 0 Å². The van der Waals surface area contributed by atoms with Crippen LogP contribution >= 0.6 is 12.2 Å². The fourth-order valence-electron chi connectivity index (χ4n) is 3.21. The Bertz CT molecular complexity index is 684. The molecule has 1 heterocycles. The third-order valence-electron chi connectivity index (χ3n) is 4.78. The molecule has 0 aromatic heterocycles. The second kappa shape index (κ2) is 9.67. The summed E-state index contributed by atoms with van der Waals surface area (Å²) in [6, 6.07) is 19.1. The first-order chi connectivity index (χ1) is 12.7. The van der Waals surface area contributed by atoms with E-state index in [9.17, 15) is 0 Å². The lowest BCUT2D eigenvalue weighted by molar-refractivity contribution is -0.906. The monoisotopic (exact) mass is 370 g/mol. The smallest absolute Gasteiger partial charge is 0.167 e. The average molecular weight is 371 g/mol. The van der Waals surface area contributed by atoms with Crippen molar-refractivity contribution in [3.8, 4) is 0 Å². The summed E-state index contributed by atoms with van der Waals surface area (Å²) in [7, 11) is 0. The summed E-state index contributed by atoms with van der Waals surface area (Å²) in [6.45, 7) is 7.93. The molecular formula is C21H28N3OS+. The molecule has 0 radical (unpaired) electrons. The van der Waals surface area contributed by atoms with Gasteiger partial charge in [0.1, 0.15) is 13.1 Å². The maximum Gasteiger partial charge on any atom is 0.167 e. The van der Waals surface area contributed by atoms with Gasteiger partial charge in [-0.1, -0.05) is 60.2 Å². The maximum absolute atomic E-state index is 5.57. The molecule has 1 fully saturated rings. The second-order valence-electron chi connectivity index (χ2n) is 6.77. The van der Waals surface area contributed by atoms with Gasteiger partial charge in [0.2, 0.25) is 0 Å². The van der Waals surface area contributed by atoms with Gasteiger partial charge in [0.25, 0.3) is 0 Å². The Morgan fingerprint density at radius 3 is 2.38 bits per heavy atom. The number of thiocarbonyl (C=S) groups is 1. The van der Waals surface area contributed by atoms with Gasteiger partial charge in [-0.05, 0) is 30.3 Å². The fourth-order valence-corrected chi connectivity index (χ4v) is 3.43. The molecule has 1 aliphatic rings. The van der Waals surface area contributed by atoms with Crippen molar-refractivity contribution in [1.29, 1.82) is 0 Å². The van der Waals surface area contributed by atoms with E-state index in [1.165, 1.54) is 16.7 Å². The van der Waals surface area contributed by atoms with E-state index in [1.807, 2.05) is 6.07 Å². The summed E-state index contributed by atoms with van der Waals surface area (Å²) in [4.78, 5) is 1.57. The van der Waals surface area contributed by atoms with Crippen LogP contribution in [0, 0.1) is 6.92 Å². The molecule has 0 bridgehead atoms. The van der Waals surface area contributed by atoms with Crippen LogP contribution in [0.5, 0.6) is 0 Å². The zero-order valence-electron chi connectivity index (χ0n) is 15.3. The molecule has 5 heteroatoms. The number of quaternary nitrogens is 1. The van der Waals surface area contributed by atoms with Gasteiger partial charge in [0.15, 0.2) is 5.11 Å². The standard InChI is InChI=1S/C21H27N3OS/c1-17-7-9-19(10-8-17)20(18-5-3-2-4-6-18)23-21(26)22-11-12-24-13-15-25-16-14-24/h2-10,20H,11-16H2,1H3,(H2,22,23,26)/p+1/t20-/m1/s1. The van der Waals surface area contributed by atoms with Crippen molar-refractivity contribution >= 4 is 17.3 Å². The van der Waals surface area contributed by atoms with Gasteiger partial charge in [0.05, 0.1) is 32.3 Å². The number of hydrogen-bond acceptors (Lipinski definition) is 2. The number of nitrogens with one attached hydrogen (secondary N) is 3. The lowest BCUT2D eigenvalue weighted by atomic mass is 9.98. The molecular weight excluding hydrogens is 342 g/mol. The highest BCUT2D eigenvalue weighted by atomic mass is 32.1. The first-order valence-electron chi connectivity index (χ1n) is 9.29. The number of rotatable bonds is 6. The maximum atomic E-state index is 5.57. The molecule has 4 nitrogen and oxygen atoms in total. The van der Waals surface area contributed by atoms with E-state index in [-0.39, 0.29) is 6.04 Å². The zero-order chi connectivity index (χ0) is 18.2. The predicted octanol–water partition coefficient (Wildman–Crippen LogP) is 1.46. The van der Waals surface area contributed by atoms with Crippen molar-refractivity contribution in [2.24, 2.45) is 0 Å². The Hall–Kier alpha value is -1.95. The Labute approximate surface area is 161 Å². The minimum Gasteiger partial charge on any atom is -0.370 e. The van der Waals surface area contributed by atoms with Crippen molar-refractivity contribution in [2.45, 2.75) is 13.0 Å². The van der Waals surface area contributed by atoms with E-state index in [1.54, 1.807) is 4.90 Å². The third-order valence-corrected chi connectivity index (χ3v) is 5.05. The molecule has 3 rings (SSSR count). The zero-order valence-corrected chi connectivity index (χ0v) is 16.1. The SMILES string of the molecule is Cc1ccc([C@H](NC(=S)NCC[NH+]2CCOCC2)c2ccccc2)cc1. The topological polar surface area (TPSA) is 37.7 Å². The van der Waals surface area contributed by atoms with Gasteiger partial charge in [0, 0.05) is 0 Å². The van der Waals surface area contributed by atoms with Crippen LogP contribution in [0.1, 0.15) is 22.7 Å². The average Bonchev–Trinajstić information content (AvgIpc) is 2.68. The molecule has 0 aliphatic carbocycles. The van der Waals surface area contributed by atoms with Crippen LogP contribution in [-0.2, 0) is 4.74 Å². The van der Waals surface area contributed by atoms with Gasteiger partial charge in [-0.3, -0.25) is 0 Å². The second-order valence-corrected chi connectivity index (χ2v) is 7.18. The minimum atomic E-state index is 0.0486. The Balaban J connectivity index is 1.60. The van der Waals surface area contributed by atoms with E-state index in [2.05, 4.69) is 66.1 Å². The number of aryl methyl sites for hydroxylation is 1. The van der Waals surface area contributed by atoms with E-state index < -0.39 is 0 Å². The number of morpholine rings is 1. The van der Waals surface area contributed by atoms with Gasteiger partial charge >= 0.3 is 0 Å².